The highest BCUT2D eigenvalue weighted by Gasteiger charge is 2.42. The van der Waals surface area contributed by atoms with Crippen molar-refractivity contribution in [2.24, 2.45) is 5.92 Å². The summed E-state index contributed by atoms with van der Waals surface area (Å²) in [5, 5.41) is 19.5. The summed E-state index contributed by atoms with van der Waals surface area (Å²) in [7, 11) is 0. The first-order valence-corrected chi connectivity index (χ1v) is 8.71. The van der Waals surface area contributed by atoms with Gasteiger partial charge in [0.15, 0.2) is 0 Å². The number of hydrogen-bond acceptors (Lipinski definition) is 6. The van der Waals surface area contributed by atoms with Gasteiger partial charge in [0.05, 0.1) is 18.6 Å². The van der Waals surface area contributed by atoms with E-state index in [1.807, 2.05) is 6.92 Å². The number of esters is 2. The minimum Gasteiger partial charge on any atom is -0.458 e. The van der Waals surface area contributed by atoms with Crippen LogP contribution in [0.5, 0.6) is 0 Å². The molecular weight excluding hydrogens is 336 g/mol. The van der Waals surface area contributed by atoms with Crippen LogP contribution in [0.4, 0.5) is 0 Å². The maximum absolute atomic E-state index is 11.9. The second-order valence-electron chi connectivity index (χ2n) is 6.75. The van der Waals surface area contributed by atoms with Crippen LogP contribution in [-0.2, 0) is 19.1 Å². The molecule has 1 aliphatic heterocycles. The number of allylic oxidation sites excluding steroid dienone is 1. The van der Waals surface area contributed by atoms with Crippen molar-refractivity contribution in [1.82, 2.24) is 0 Å². The largest absolute Gasteiger partial charge is 0.458 e. The zero-order chi connectivity index (χ0) is 19.3. The molecule has 3 unspecified atom stereocenters. The molecular formula is C20H26O6. The molecule has 2 N–H and O–H groups in total. The summed E-state index contributed by atoms with van der Waals surface area (Å²) >= 11 is 0. The summed E-state index contributed by atoms with van der Waals surface area (Å²) in [6.45, 7) is 7.11. The zero-order valence-electron chi connectivity index (χ0n) is 15.2. The van der Waals surface area contributed by atoms with Crippen LogP contribution in [0.15, 0.2) is 47.1 Å². The smallest absolute Gasteiger partial charge is 0.334 e. The van der Waals surface area contributed by atoms with E-state index in [-0.39, 0.29) is 18.8 Å². The van der Waals surface area contributed by atoms with Crippen molar-refractivity contribution < 1.29 is 29.3 Å². The van der Waals surface area contributed by atoms with E-state index >= 15 is 0 Å². The SMILES string of the molecule is C=C1C(=O)OC2CC(C)=CCCC(COC(=O)C(C)=CCO)=CC(O)C12. The van der Waals surface area contributed by atoms with E-state index in [4.69, 9.17) is 14.6 Å². The monoisotopic (exact) mass is 362 g/mol. The molecule has 2 rings (SSSR count). The Bertz CT molecular complexity index is 670. The van der Waals surface area contributed by atoms with Gasteiger partial charge in [-0.3, -0.25) is 0 Å². The molecule has 1 fully saturated rings. The predicted molar refractivity (Wildman–Crippen MR) is 96.0 cm³/mol. The maximum Gasteiger partial charge on any atom is 0.334 e. The van der Waals surface area contributed by atoms with Crippen molar-refractivity contribution in [3.63, 3.8) is 0 Å². The van der Waals surface area contributed by atoms with Crippen LogP contribution < -0.4 is 0 Å². The highest BCUT2D eigenvalue weighted by Crippen LogP contribution is 2.35. The molecule has 26 heavy (non-hydrogen) atoms. The topological polar surface area (TPSA) is 93.1 Å². The standard InChI is InChI=1S/C20H26O6/c1-12-5-4-6-15(11-25-19(23)13(2)7-8-21)10-16(22)18-14(3)20(24)26-17(18)9-12/h5,7,10,16-18,21-22H,3-4,6,8-9,11H2,1-2H3. The van der Waals surface area contributed by atoms with E-state index in [1.54, 1.807) is 13.0 Å². The van der Waals surface area contributed by atoms with Gasteiger partial charge in [-0.15, -0.1) is 0 Å². The van der Waals surface area contributed by atoms with Gasteiger partial charge in [-0.1, -0.05) is 24.3 Å². The van der Waals surface area contributed by atoms with Crippen LogP contribution in [0.2, 0.25) is 0 Å². The Kier molecular flexibility index (Phi) is 6.94. The molecule has 0 aromatic heterocycles. The molecule has 1 aliphatic carbocycles. The molecule has 0 radical (unpaired) electrons. The van der Waals surface area contributed by atoms with Gasteiger partial charge in [0, 0.05) is 17.6 Å². The maximum atomic E-state index is 11.9. The lowest BCUT2D eigenvalue weighted by Crippen LogP contribution is -2.29. The van der Waals surface area contributed by atoms with Crippen molar-refractivity contribution in [2.45, 2.75) is 45.3 Å². The van der Waals surface area contributed by atoms with E-state index in [1.165, 1.54) is 6.08 Å². The number of carbonyl (C=O) groups excluding carboxylic acids is 2. The van der Waals surface area contributed by atoms with Crippen LogP contribution >= 0.6 is 0 Å². The lowest BCUT2D eigenvalue weighted by atomic mass is 9.86. The third-order valence-electron chi connectivity index (χ3n) is 4.69. The minimum absolute atomic E-state index is 0.0397. The highest BCUT2D eigenvalue weighted by molar-refractivity contribution is 5.91. The Labute approximate surface area is 153 Å². The van der Waals surface area contributed by atoms with Gasteiger partial charge in [0.2, 0.25) is 0 Å². The summed E-state index contributed by atoms with van der Waals surface area (Å²) in [6, 6.07) is 0. The first-order valence-electron chi connectivity index (χ1n) is 8.71. The molecule has 6 nitrogen and oxygen atoms in total. The van der Waals surface area contributed by atoms with Gasteiger partial charge < -0.3 is 19.7 Å². The molecule has 0 saturated carbocycles. The Morgan fingerprint density at radius 1 is 1.50 bits per heavy atom. The summed E-state index contributed by atoms with van der Waals surface area (Å²) in [5.41, 5.74) is 2.44. The molecule has 0 aromatic rings. The quantitative estimate of drug-likeness (QED) is 0.451. The molecule has 0 amide bonds. The molecule has 1 saturated heterocycles. The fraction of sp³-hybridized carbons (Fsp3) is 0.500. The lowest BCUT2D eigenvalue weighted by Gasteiger charge is -2.23. The fourth-order valence-corrected chi connectivity index (χ4v) is 3.19. The number of rotatable bonds is 4. The normalized spacial score (nSPS) is 27.2. The Morgan fingerprint density at radius 2 is 2.23 bits per heavy atom. The Balaban J connectivity index is 2.17. The molecule has 142 valence electrons. The number of hydrogen-bond donors (Lipinski definition) is 2. The Hall–Kier alpha value is -2.18. The number of carbonyl (C=O) groups is 2. The van der Waals surface area contributed by atoms with Gasteiger partial charge in [0.1, 0.15) is 12.7 Å². The second kappa shape index (κ2) is 8.96. The Morgan fingerprint density at radius 3 is 2.92 bits per heavy atom. The predicted octanol–water partition coefficient (Wildman–Crippen LogP) is 1.98. The molecule has 1 heterocycles. The third kappa shape index (κ3) is 4.93. The average molecular weight is 362 g/mol. The summed E-state index contributed by atoms with van der Waals surface area (Å²) in [6.07, 6.45) is 5.63. The summed E-state index contributed by atoms with van der Waals surface area (Å²) in [4.78, 5) is 23.7. The molecule has 0 bridgehead atoms. The van der Waals surface area contributed by atoms with Gasteiger partial charge in [-0.2, -0.15) is 0 Å². The van der Waals surface area contributed by atoms with Crippen LogP contribution in [0, 0.1) is 5.92 Å². The zero-order valence-corrected chi connectivity index (χ0v) is 15.2. The first kappa shape index (κ1) is 20.1. The first-order chi connectivity index (χ1) is 12.3. The van der Waals surface area contributed by atoms with Crippen molar-refractivity contribution in [2.75, 3.05) is 13.2 Å². The summed E-state index contributed by atoms with van der Waals surface area (Å²) < 4.78 is 10.6. The van der Waals surface area contributed by atoms with Gasteiger partial charge in [0.25, 0.3) is 0 Å². The highest BCUT2D eigenvalue weighted by atomic mass is 16.6. The number of aliphatic hydroxyl groups excluding tert-OH is 2. The van der Waals surface area contributed by atoms with Gasteiger partial charge in [-0.05, 0) is 38.3 Å². The van der Waals surface area contributed by atoms with Crippen molar-refractivity contribution in [1.29, 1.82) is 0 Å². The lowest BCUT2D eigenvalue weighted by molar-refractivity contribution is -0.139. The van der Waals surface area contributed by atoms with Crippen LogP contribution in [0.25, 0.3) is 0 Å². The number of aliphatic hydroxyl groups is 2. The van der Waals surface area contributed by atoms with E-state index < -0.39 is 30.1 Å². The van der Waals surface area contributed by atoms with Crippen LogP contribution in [0.3, 0.4) is 0 Å². The molecule has 0 aromatic carbocycles. The van der Waals surface area contributed by atoms with E-state index in [9.17, 15) is 14.7 Å². The molecule has 0 spiro atoms. The molecule has 6 heteroatoms. The number of fused-ring (bicyclic) bond motifs is 1. The van der Waals surface area contributed by atoms with Crippen molar-refractivity contribution in [3.8, 4) is 0 Å². The minimum atomic E-state index is -0.937. The molecule has 2 aliphatic rings. The van der Waals surface area contributed by atoms with E-state index in [2.05, 4.69) is 12.7 Å². The van der Waals surface area contributed by atoms with Crippen molar-refractivity contribution in [3.05, 3.63) is 47.1 Å². The number of ether oxygens (including phenoxy) is 2. The van der Waals surface area contributed by atoms with Crippen LogP contribution in [-0.4, -0.2) is 47.6 Å². The second-order valence-corrected chi connectivity index (χ2v) is 6.75. The van der Waals surface area contributed by atoms with Gasteiger partial charge >= 0.3 is 11.9 Å². The average Bonchev–Trinajstić information content (AvgIpc) is 2.85. The van der Waals surface area contributed by atoms with Crippen LogP contribution in [0.1, 0.15) is 33.1 Å². The van der Waals surface area contributed by atoms with Crippen molar-refractivity contribution >= 4 is 11.9 Å². The van der Waals surface area contributed by atoms with Gasteiger partial charge in [-0.25, -0.2) is 9.59 Å². The molecule has 3 atom stereocenters. The third-order valence-corrected chi connectivity index (χ3v) is 4.69. The summed E-state index contributed by atoms with van der Waals surface area (Å²) in [5.74, 6) is -1.50. The van der Waals surface area contributed by atoms with E-state index in [0.717, 1.165) is 17.6 Å². The fourth-order valence-electron chi connectivity index (χ4n) is 3.19. The van der Waals surface area contributed by atoms with E-state index in [0.29, 0.717) is 18.4 Å².